The number of nitrogens with two attached hydrogens (primary N) is 2. The molecule has 8 aromatic rings. The Hall–Kier alpha value is -6.82. The molecule has 0 amide bonds. The van der Waals surface area contributed by atoms with Crippen molar-refractivity contribution in [3.8, 4) is 16.9 Å². The summed E-state index contributed by atoms with van der Waals surface area (Å²) < 4.78 is 60.9. The monoisotopic (exact) mass is 988 g/mol. The zero-order valence-corrected chi connectivity index (χ0v) is 41.8. The number of aromatic hydroxyl groups is 1. The Kier molecular flexibility index (Phi) is 15.1. The van der Waals surface area contributed by atoms with Crippen molar-refractivity contribution in [2.75, 3.05) is 10.6 Å². The van der Waals surface area contributed by atoms with Gasteiger partial charge < -0.3 is 25.0 Å². The third-order valence-corrected chi connectivity index (χ3v) is 13.1. The molecule has 1 saturated heterocycles. The van der Waals surface area contributed by atoms with E-state index < -0.39 is 20.0 Å². The standard InChI is InChI=1S/C21H22N6O2S.C14H12N4O3S.C13H23BN2O2/c1-14(2)12-27-13-17(11-24-27)15-3-8-20-16(9-15)10-23-21(26-20)25-18-4-6-19(7-5-18)30(22,28)29;15-22(20,21)12-4-1-10(2-5-12)17-14-16-8-9-7-11(19)3-6-13(9)18-14;1-10(2)9-16-8-7-11(15-16)14-17-12(3,4)13(5,6)18-14/h3-11,13-14H,12H2,1-2H3,(H2,22,28,29)(H,23,25,26);1-8,19H,(H2,15,20,21)(H,16,17,18);7-8,10H,9H2,1-6H3. The van der Waals surface area contributed by atoms with Gasteiger partial charge in [0.2, 0.25) is 31.9 Å². The summed E-state index contributed by atoms with van der Waals surface area (Å²) >= 11 is 0. The zero-order valence-electron chi connectivity index (χ0n) is 40.1. The van der Waals surface area contributed by atoms with E-state index in [0.29, 0.717) is 40.6 Å². The van der Waals surface area contributed by atoms with Gasteiger partial charge in [-0.25, -0.2) is 47.0 Å². The van der Waals surface area contributed by atoms with Crippen LogP contribution < -0.4 is 26.5 Å². The molecule has 70 heavy (non-hydrogen) atoms. The Balaban J connectivity index is 0.000000161. The van der Waals surface area contributed by atoms with E-state index in [0.717, 1.165) is 46.1 Å². The molecular weight excluding hydrogens is 932 g/mol. The van der Waals surface area contributed by atoms with Gasteiger partial charge in [-0.3, -0.25) is 9.36 Å². The van der Waals surface area contributed by atoms with Crippen LogP contribution in [-0.4, -0.2) is 79.8 Å². The minimum Gasteiger partial charge on any atom is -0.508 e. The van der Waals surface area contributed by atoms with Crippen LogP contribution in [0.4, 0.5) is 23.3 Å². The predicted octanol–water partition coefficient (Wildman–Crippen LogP) is 7.11. The van der Waals surface area contributed by atoms with Crippen LogP contribution in [0.3, 0.4) is 0 Å². The molecule has 7 N–H and O–H groups in total. The Morgan fingerprint density at radius 2 is 1.13 bits per heavy atom. The molecule has 0 saturated carbocycles. The summed E-state index contributed by atoms with van der Waals surface area (Å²) in [4.78, 5) is 17.4. The predicted molar refractivity (Wildman–Crippen MR) is 272 cm³/mol. The molecule has 0 spiro atoms. The van der Waals surface area contributed by atoms with Gasteiger partial charge in [0.15, 0.2) is 0 Å². The van der Waals surface area contributed by atoms with E-state index in [2.05, 4.69) is 96.2 Å². The second-order valence-corrected chi connectivity index (χ2v) is 21.7. The zero-order chi connectivity index (χ0) is 50.6. The normalized spacial score (nSPS) is 14.3. The van der Waals surface area contributed by atoms with E-state index in [9.17, 15) is 21.9 Å². The quantitative estimate of drug-likeness (QED) is 0.0764. The lowest BCUT2D eigenvalue weighted by molar-refractivity contribution is 0.00578. The first-order valence-electron chi connectivity index (χ1n) is 22.3. The number of nitrogens with zero attached hydrogens (tertiary/aromatic N) is 8. The summed E-state index contributed by atoms with van der Waals surface area (Å²) in [5.74, 6) is 2.04. The number of fused-ring (bicyclic) bond motifs is 2. The number of hydrogen-bond donors (Lipinski definition) is 5. The Morgan fingerprint density at radius 3 is 1.63 bits per heavy atom. The van der Waals surface area contributed by atoms with E-state index >= 15 is 0 Å². The number of nitrogens with one attached hydrogen (secondary N) is 2. The van der Waals surface area contributed by atoms with Crippen LogP contribution in [-0.2, 0) is 42.4 Å². The van der Waals surface area contributed by atoms with Gasteiger partial charge in [0.1, 0.15) is 5.75 Å². The van der Waals surface area contributed by atoms with Crippen molar-refractivity contribution in [1.29, 1.82) is 0 Å². The molecule has 1 aliphatic rings. The molecule has 4 aromatic heterocycles. The molecule has 22 heteroatoms. The smallest absolute Gasteiger partial charge is 0.508 e. The van der Waals surface area contributed by atoms with Crippen molar-refractivity contribution in [2.45, 2.75) is 89.5 Å². The highest BCUT2D eigenvalue weighted by atomic mass is 32.2. The van der Waals surface area contributed by atoms with Crippen LogP contribution in [0.2, 0.25) is 0 Å². The van der Waals surface area contributed by atoms with Crippen molar-refractivity contribution >= 4 is 77.8 Å². The molecule has 0 aliphatic carbocycles. The molecule has 4 aromatic carbocycles. The van der Waals surface area contributed by atoms with Gasteiger partial charge in [0, 0.05) is 65.6 Å². The van der Waals surface area contributed by atoms with Crippen LogP contribution in [0.25, 0.3) is 32.9 Å². The van der Waals surface area contributed by atoms with E-state index in [1.165, 1.54) is 24.3 Å². The maximum atomic E-state index is 11.4. The number of anilines is 4. The first-order chi connectivity index (χ1) is 32.9. The average Bonchev–Trinajstić information content (AvgIpc) is 4.00. The molecule has 0 radical (unpaired) electrons. The molecule has 1 fully saturated rings. The lowest BCUT2D eigenvalue weighted by Gasteiger charge is -2.32. The Labute approximate surface area is 408 Å². The highest BCUT2D eigenvalue weighted by Crippen LogP contribution is 2.36. The van der Waals surface area contributed by atoms with Gasteiger partial charge in [0.05, 0.1) is 43.8 Å². The largest absolute Gasteiger partial charge is 0.516 e. The molecule has 0 bridgehead atoms. The first kappa shape index (κ1) is 51.0. The van der Waals surface area contributed by atoms with Crippen molar-refractivity contribution in [2.24, 2.45) is 22.1 Å². The summed E-state index contributed by atoms with van der Waals surface area (Å²) in [5.41, 5.74) is 5.12. The minimum atomic E-state index is -3.72. The molecule has 19 nitrogen and oxygen atoms in total. The van der Waals surface area contributed by atoms with Crippen LogP contribution >= 0.6 is 0 Å². The summed E-state index contributed by atoms with van der Waals surface area (Å²) in [5, 5.41) is 36.2. The number of primary sulfonamides is 2. The van der Waals surface area contributed by atoms with Crippen LogP contribution in [0.15, 0.2) is 132 Å². The third-order valence-electron chi connectivity index (χ3n) is 11.2. The van der Waals surface area contributed by atoms with Crippen LogP contribution in [0, 0.1) is 11.8 Å². The molecule has 5 heterocycles. The summed E-state index contributed by atoms with van der Waals surface area (Å²) in [7, 11) is -7.78. The molecule has 0 unspecified atom stereocenters. The Morgan fingerprint density at radius 1 is 0.643 bits per heavy atom. The number of sulfonamides is 2. The maximum absolute atomic E-state index is 11.4. The highest BCUT2D eigenvalue weighted by Gasteiger charge is 2.52. The number of benzene rings is 4. The number of phenols is 1. The van der Waals surface area contributed by atoms with Crippen molar-refractivity contribution in [3.63, 3.8) is 0 Å². The third kappa shape index (κ3) is 13.1. The Bertz CT molecular complexity index is 3310. The number of aromatic nitrogens is 8. The lowest BCUT2D eigenvalue weighted by Crippen LogP contribution is -2.41. The van der Waals surface area contributed by atoms with E-state index in [4.69, 9.17) is 19.6 Å². The van der Waals surface area contributed by atoms with Gasteiger partial charge in [-0.1, -0.05) is 33.8 Å². The molecule has 1 aliphatic heterocycles. The van der Waals surface area contributed by atoms with Gasteiger partial charge in [-0.05, 0) is 130 Å². The van der Waals surface area contributed by atoms with Gasteiger partial charge in [-0.2, -0.15) is 10.2 Å². The average molecular weight is 989 g/mol. The van der Waals surface area contributed by atoms with E-state index in [1.54, 1.807) is 54.9 Å². The molecular formula is C48H57BN12O7S2. The number of hydrogen-bond acceptors (Lipinski definition) is 15. The number of rotatable bonds is 12. The molecule has 0 atom stereocenters. The second-order valence-electron chi connectivity index (χ2n) is 18.6. The van der Waals surface area contributed by atoms with Gasteiger partial charge in [0.25, 0.3) is 0 Å². The summed E-state index contributed by atoms with van der Waals surface area (Å²) in [6, 6.07) is 24.8. The van der Waals surface area contributed by atoms with Crippen molar-refractivity contribution in [3.05, 3.63) is 122 Å². The fourth-order valence-electron chi connectivity index (χ4n) is 7.00. The van der Waals surface area contributed by atoms with Crippen LogP contribution in [0.1, 0.15) is 55.4 Å². The van der Waals surface area contributed by atoms with E-state index in [1.807, 2.05) is 52.2 Å². The summed E-state index contributed by atoms with van der Waals surface area (Å²) in [6.45, 7) is 18.7. The number of phenolic OH excluding ortho intramolecular Hbond substituents is 1. The first-order valence-corrected chi connectivity index (χ1v) is 25.4. The topological polar surface area (TPSA) is 270 Å². The van der Waals surface area contributed by atoms with Crippen LogP contribution in [0.5, 0.6) is 5.75 Å². The maximum Gasteiger partial charge on any atom is 0.516 e. The lowest BCUT2D eigenvalue weighted by atomic mass is 9.85. The van der Waals surface area contributed by atoms with Crippen molar-refractivity contribution < 1.29 is 31.3 Å². The minimum absolute atomic E-state index is 0.0351. The highest BCUT2D eigenvalue weighted by molar-refractivity contribution is 7.89. The fraction of sp³-hybridized carbons (Fsp3) is 0.292. The van der Waals surface area contributed by atoms with Gasteiger partial charge in [-0.15, -0.1) is 0 Å². The second kappa shape index (κ2) is 20.6. The van der Waals surface area contributed by atoms with Crippen molar-refractivity contribution in [1.82, 2.24) is 39.5 Å². The van der Waals surface area contributed by atoms with Gasteiger partial charge >= 0.3 is 7.12 Å². The fourth-order valence-corrected chi connectivity index (χ4v) is 8.03. The summed E-state index contributed by atoms with van der Waals surface area (Å²) in [6.07, 6.45) is 9.24. The SMILES string of the molecule is CC(C)Cn1cc(-c2ccc3nc(Nc4ccc(S(N)(=O)=O)cc4)ncc3c2)cn1.CC(C)Cn1ccc(B2OC(C)(C)C(C)(C)O2)n1.NS(=O)(=O)c1ccc(Nc2ncc3cc(O)ccc3n2)cc1. The molecule has 366 valence electrons. The van der Waals surface area contributed by atoms with E-state index in [-0.39, 0.29) is 33.9 Å². The molecule has 9 rings (SSSR count).